The number of hydrogen-bond donors (Lipinski definition) is 0. The smallest absolute Gasteiger partial charge is 0.125 e. The van der Waals surface area contributed by atoms with Crippen molar-refractivity contribution in [2.45, 2.75) is 52.1 Å². The number of aryl methyl sites for hydroxylation is 1. The van der Waals surface area contributed by atoms with E-state index in [2.05, 4.69) is 37.3 Å². The first-order valence-corrected chi connectivity index (χ1v) is 8.08. The normalized spacial score (nSPS) is 12.3. The van der Waals surface area contributed by atoms with Crippen LogP contribution >= 0.6 is 0 Å². The molecule has 0 saturated carbocycles. The zero-order valence-electron chi connectivity index (χ0n) is 13.1. The molecular weight excluding hydrogens is 259 g/mol. The maximum Gasteiger partial charge on any atom is 0.125 e. The Morgan fingerprint density at radius 3 is 2.38 bits per heavy atom. The lowest BCUT2D eigenvalue weighted by atomic mass is 9.92. The largest absolute Gasteiger partial charge is 0.242 e. The van der Waals surface area contributed by atoms with Crippen LogP contribution in [0.2, 0.25) is 0 Å². The molecule has 1 heteroatoms. The van der Waals surface area contributed by atoms with Gasteiger partial charge in [-0.2, -0.15) is 0 Å². The summed E-state index contributed by atoms with van der Waals surface area (Å²) in [7, 11) is 0. The maximum atomic E-state index is 14.4. The van der Waals surface area contributed by atoms with Crippen LogP contribution < -0.4 is 0 Å². The molecule has 0 bridgehead atoms. The fourth-order valence-corrected chi connectivity index (χ4v) is 2.71. The summed E-state index contributed by atoms with van der Waals surface area (Å²) < 4.78 is 14.4. The molecule has 0 N–H and O–H groups in total. The van der Waals surface area contributed by atoms with E-state index in [-0.39, 0.29) is 0 Å². The van der Waals surface area contributed by atoms with Gasteiger partial charge in [0.2, 0.25) is 0 Å². The minimum absolute atomic E-state index is 0.526. The van der Waals surface area contributed by atoms with Crippen molar-refractivity contribution in [3.63, 3.8) is 0 Å². The first kappa shape index (κ1) is 15.8. The second-order valence-corrected chi connectivity index (χ2v) is 5.62. The molecule has 21 heavy (non-hydrogen) atoms. The Morgan fingerprint density at radius 1 is 0.952 bits per heavy atom. The molecule has 112 valence electrons. The maximum absolute atomic E-state index is 14.4. The van der Waals surface area contributed by atoms with Crippen molar-refractivity contribution in [3.8, 4) is 11.1 Å². The number of benzene rings is 2. The van der Waals surface area contributed by atoms with Gasteiger partial charge in [-0.1, -0.05) is 75.2 Å². The number of alkyl halides is 1. The third-order valence-electron chi connectivity index (χ3n) is 3.97. The van der Waals surface area contributed by atoms with Crippen LogP contribution in [0.3, 0.4) is 0 Å². The highest BCUT2D eigenvalue weighted by Crippen LogP contribution is 2.33. The molecule has 0 radical (unpaired) electrons. The molecule has 2 rings (SSSR count). The van der Waals surface area contributed by atoms with Gasteiger partial charge in [0.05, 0.1) is 0 Å². The standard InChI is InChI=1S/C20H25F/c1-3-5-7-10-16-13-14-18(17-11-8-6-9-12-17)19(15-16)20(21)4-2/h6,8-9,11-15,20H,3-5,7,10H2,1-2H3. The lowest BCUT2D eigenvalue weighted by Crippen LogP contribution is -1.97. The zero-order chi connectivity index (χ0) is 15.1. The van der Waals surface area contributed by atoms with E-state index in [1.807, 2.05) is 25.1 Å². The van der Waals surface area contributed by atoms with Crippen LogP contribution in [0.25, 0.3) is 11.1 Å². The summed E-state index contributed by atoms with van der Waals surface area (Å²) >= 11 is 0. The average Bonchev–Trinajstić information content (AvgIpc) is 2.55. The summed E-state index contributed by atoms with van der Waals surface area (Å²) in [6.45, 7) is 4.11. The second-order valence-electron chi connectivity index (χ2n) is 5.62. The molecule has 0 aliphatic carbocycles. The van der Waals surface area contributed by atoms with E-state index >= 15 is 0 Å². The van der Waals surface area contributed by atoms with Gasteiger partial charge in [-0.3, -0.25) is 0 Å². The van der Waals surface area contributed by atoms with E-state index in [1.54, 1.807) is 0 Å². The van der Waals surface area contributed by atoms with E-state index in [4.69, 9.17) is 0 Å². The topological polar surface area (TPSA) is 0 Å². The quantitative estimate of drug-likeness (QED) is 0.508. The molecule has 0 aromatic heterocycles. The van der Waals surface area contributed by atoms with Crippen LogP contribution in [0.4, 0.5) is 4.39 Å². The van der Waals surface area contributed by atoms with Crippen LogP contribution in [0.5, 0.6) is 0 Å². The first-order chi connectivity index (χ1) is 10.3. The summed E-state index contributed by atoms with van der Waals surface area (Å²) in [5, 5.41) is 0. The number of halogens is 1. The SMILES string of the molecule is CCCCCc1ccc(-c2ccccc2)c(C(F)CC)c1. The van der Waals surface area contributed by atoms with Gasteiger partial charge < -0.3 is 0 Å². The van der Waals surface area contributed by atoms with Crippen molar-refractivity contribution in [2.24, 2.45) is 0 Å². The van der Waals surface area contributed by atoms with E-state index in [0.29, 0.717) is 6.42 Å². The van der Waals surface area contributed by atoms with Gasteiger partial charge in [-0.15, -0.1) is 0 Å². The minimum Gasteiger partial charge on any atom is -0.242 e. The highest BCUT2D eigenvalue weighted by atomic mass is 19.1. The molecule has 0 aliphatic heterocycles. The Hall–Kier alpha value is -1.63. The van der Waals surface area contributed by atoms with E-state index < -0.39 is 6.17 Å². The Bertz CT molecular complexity index is 545. The van der Waals surface area contributed by atoms with Crippen molar-refractivity contribution in [1.29, 1.82) is 0 Å². The van der Waals surface area contributed by atoms with Crippen LogP contribution in [-0.2, 0) is 6.42 Å². The van der Waals surface area contributed by atoms with Crippen molar-refractivity contribution in [1.82, 2.24) is 0 Å². The third-order valence-corrected chi connectivity index (χ3v) is 3.97. The molecule has 2 aromatic rings. The Kier molecular flexibility index (Phi) is 5.98. The average molecular weight is 284 g/mol. The summed E-state index contributed by atoms with van der Waals surface area (Å²) in [5.74, 6) is 0. The third kappa shape index (κ3) is 4.17. The fourth-order valence-electron chi connectivity index (χ4n) is 2.71. The summed E-state index contributed by atoms with van der Waals surface area (Å²) in [4.78, 5) is 0. The van der Waals surface area contributed by atoms with E-state index in [1.165, 1.54) is 24.8 Å². The van der Waals surface area contributed by atoms with E-state index in [9.17, 15) is 4.39 Å². The Balaban J connectivity index is 2.32. The van der Waals surface area contributed by atoms with Crippen molar-refractivity contribution >= 4 is 0 Å². The van der Waals surface area contributed by atoms with Crippen LogP contribution in [0.1, 0.15) is 56.8 Å². The van der Waals surface area contributed by atoms with Crippen LogP contribution in [-0.4, -0.2) is 0 Å². The highest BCUT2D eigenvalue weighted by Gasteiger charge is 2.14. The van der Waals surface area contributed by atoms with Crippen LogP contribution in [0, 0.1) is 0 Å². The molecule has 0 fully saturated rings. The Morgan fingerprint density at radius 2 is 1.71 bits per heavy atom. The summed E-state index contributed by atoms with van der Waals surface area (Å²) in [6, 6.07) is 16.4. The fraction of sp³-hybridized carbons (Fsp3) is 0.400. The Labute approximate surface area is 128 Å². The van der Waals surface area contributed by atoms with E-state index in [0.717, 1.165) is 23.1 Å². The van der Waals surface area contributed by atoms with Gasteiger partial charge in [-0.05, 0) is 41.5 Å². The lowest BCUT2D eigenvalue weighted by Gasteiger charge is -2.15. The molecule has 0 saturated heterocycles. The zero-order valence-corrected chi connectivity index (χ0v) is 13.1. The molecule has 0 spiro atoms. The predicted molar refractivity (Wildman–Crippen MR) is 89.2 cm³/mol. The monoisotopic (exact) mass is 284 g/mol. The second kappa shape index (κ2) is 7.97. The minimum atomic E-state index is -0.883. The molecular formula is C20H25F. The number of unbranched alkanes of at least 4 members (excludes halogenated alkanes) is 2. The molecule has 1 unspecified atom stereocenters. The highest BCUT2D eigenvalue weighted by molar-refractivity contribution is 5.68. The van der Waals surface area contributed by atoms with Gasteiger partial charge in [0.25, 0.3) is 0 Å². The summed E-state index contributed by atoms with van der Waals surface area (Å²) in [6.07, 6.45) is 4.33. The van der Waals surface area contributed by atoms with Crippen LogP contribution in [0.15, 0.2) is 48.5 Å². The van der Waals surface area contributed by atoms with Gasteiger partial charge >= 0.3 is 0 Å². The molecule has 0 nitrogen and oxygen atoms in total. The lowest BCUT2D eigenvalue weighted by molar-refractivity contribution is 0.335. The van der Waals surface area contributed by atoms with Gasteiger partial charge in [0, 0.05) is 0 Å². The van der Waals surface area contributed by atoms with Gasteiger partial charge in [0.15, 0.2) is 0 Å². The van der Waals surface area contributed by atoms with Crippen molar-refractivity contribution in [3.05, 3.63) is 59.7 Å². The van der Waals surface area contributed by atoms with Gasteiger partial charge in [0.1, 0.15) is 6.17 Å². The summed E-state index contributed by atoms with van der Waals surface area (Å²) in [5.41, 5.74) is 4.24. The molecule has 0 amide bonds. The molecule has 2 aromatic carbocycles. The van der Waals surface area contributed by atoms with Gasteiger partial charge in [-0.25, -0.2) is 4.39 Å². The van der Waals surface area contributed by atoms with Crippen molar-refractivity contribution < 1.29 is 4.39 Å². The predicted octanol–water partition coefficient (Wildman–Crippen LogP) is 6.51. The first-order valence-electron chi connectivity index (χ1n) is 8.08. The number of rotatable bonds is 7. The molecule has 0 aliphatic rings. The van der Waals surface area contributed by atoms with Crippen molar-refractivity contribution in [2.75, 3.05) is 0 Å². The number of hydrogen-bond acceptors (Lipinski definition) is 0. The molecule has 0 heterocycles. The molecule has 1 atom stereocenters.